The van der Waals surface area contributed by atoms with Crippen molar-refractivity contribution in [3.05, 3.63) is 301 Å². The molecular weight excluding hydrogens is 1060 g/mol. The fraction of sp³-hybridized carbons (Fsp3) is 0.0494. The van der Waals surface area contributed by atoms with Crippen molar-refractivity contribution >= 4 is 132 Å². The van der Waals surface area contributed by atoms with Crippen LogP contribution in [-0.2, 0) is 11.0 Å². The van der Waals surface area contributed by atoms with Gasteiger partial charge in [-0.25, -0.2) is 9.97 Å². The highest BCUT2D eigenvalue weighted by atomic mass is 31.2. The van der Waals surface area contributed by atoms with Gasteiger partial charge in [0.25, 0.3) is 0 Å². The van der Waals surface area contributed by atoms with E-state index in [4.69, 9.17) is 15.0 Å². The van der Waals surface area contributed by atoms with Crippen LogP contribution in [0.15, 0.2) is 284 Å². The van der Waals surface area contributed by atoms with Crippen LogP contribution in [0.2, 0.25) is 0 Å². The second-order valence-electron chi connectivity index (χ2n) is 23.5. The predicted molar refractivity (Wildman–Crippen MR) is 363 cm³/mol. The molecule has 18 rings (SSSR count). The van der Waals surface area contributed by atoms with Gasteiger partial charge < -0.3 is 4.57 Å². The molecule has 2 unspecified atom stereocenters. The van der Waals surface area contributed by atoms with Crippen molar-refractivity contribution in [2.75, 3.05) is 0 Å². The lowest BCUT2D eigenvalue weighted by molar-refractivity contribution is 0.539. The Morgan fingerprint density at radius 2 is 0.709 bits per heavy atom. The van der Waals surface area contributed by atoms with Gasteiger partial charge in [-0.05, 0) is 73.2 Å². The standard InChI is InChI=1S/C81H52N3OP/c85-86(58-37-25-55(26-38-58)73-67-43-31-49-13-1-7-19-61(49)76(67)82-77-62-20-8-2-14-50(62)32-44-68(73)77,59-39-27-56(28-40-59)74-69-45-33-51-15-3-9-21-63(51)78(69)83-79-64-22-10-4-16-52(64)34-46-70(74)79)60-41-29-57(30-42-60)75-71-47-35-53-17-5-11-23-65(53)80(71)84-81-66-24-12-6-18-54(66)36-48-72(75)81/h1-35,37-47,72,75H,36,48H2. The highest BCUT2D eigenvalue weighted by Crippen LogP contribution is 2.52. The van der Waals surface area contributed by atoms with Crippen LogP contribution in [0.3, 0.4) is 0 Å². The van der Waals surface area contributed by atoms with Crippen LogP contribution in [-0.4, -0.2) is 15.7 Å². The summed E-state index contributed by atoms with van der Waals surface area (Å²) in [6.07, 6.45) is 1.99. The van der Waals surface area contributed by atoms with Gasteiger partial charge in [-0.3, -0.25) is 4.99 Å². The first-order valence-electron chi connectivity index (χ1n) is 29.9. The maximum Gasteiger partial charge on any atom is 0.171 e. The summed E-state index contributed by atoms with van der Waals surface area (Å²) in [5, 5.41) is 18.1. The number of benzene rings is 14. The van der Waals surface area contributed by atoms with Gasteiger partial charge in [0.05, 0.1) is 33.5 Å². The topological polar surface area (TPSA) is 55.2 Å². The Kier molecular flexibility index (Phi) is 10.9. The minimum atomic E-state index is -3.60. The summed E-state index contributed by atoms with van der Waals surface area (Å²) in [5.74, 6) is 0.241. The summed E-state index contributed by atoms with van der Waals surface area (Å²) in [4.78, 5) is 16.6. The van der Waals surface area contributed by atoms with E-state index in [1.165, 1.54) is 38.7 Å². The highest BCUT2D eigenvalue weighted by Gasteiger charge is 2.39. The van der Waals surface area contributed by atoms with E-state index in [9.17, 15) is 0 Å². The van der Waals surface area contributed by atoms with Crippen molar-refractivity contribution in [1.82, 2.24) is 9.97 Å². The third-order valence-corrected chi connectivity index (χ3v) is 22.1. The first-order chi connectivity index (χ1) is 42.5. The molecule has 1 aliphatic carbocycles. The molecular formula is C81H52N3OP. The summed E-state index contributed by atoms with van der Waals surface area (Å²) in [6, 6.07) is 100. The van der Waals surface area contributed by atoms with Gasteiger partial charge in [-0.1, -0.05) is 279 Å². The molecule has 2 aromatic heterocycles. The van der Waals surface area contributed by atoms with Gasteiger partial charge in [0.2, 0.25) is 0 Å². The molecule has 86 heavy (non-hydrogen) atoms. The molecule has 0 bridgehead atoms. The Hall–Kier alpha value is -10.4. The van der Waals surface area contributed by atoms with E-state index in [0.29, 0.717) is 0 Å². The molecule has 4 nitrogen and oxygen atoms in total. The van der Waals surface area contributed by atoms with Crippen molar-refractivity contribution in [3.8, 4) is 22.3 Å². The van der Waals surface area contributed by atoms with E-state index >= 15 is 4.57 Å². The molecule has 1 aliphatic heterocycles. The lowest BCUT2D eigenvalue weighted by atomic mass is 9.68. The van der Waals surface area contributed by atoms with E-state index in [2.05, 4.69) is 279 Å². The maximum absolute atomic E-state index is 17.3. The second-order valence-corrected chi connectivity index (χ2v) is 26.3. The molecule has 0 saturated heterocycles. The Bertz CT molecular complexity index is 5200. The Morgan fingerprint density at radius 1 is 0.337 bits per heavy atom. The van der Waals surface area contributed by atoms with Gasteiger partial charge in [-0.15, -0.1) is 0 Å². The third kappa shape index (κ3) is 7.36. The van der Waals surface area contributed by atoms with E-state index < -0.39 is 7.14 Å². The molecule has 3 heterocycles. The highest BCUT2D eigenvalue weighted by molar-refractivity contribution is 7.85. The fourth-order valence-electron chi connectivity index (χ4n) is 15.0. The van der Waals surface area contributed by atoms with Crippen LogP contribution >= 0.6 is 7.14 Å². The first-order valence-corrected chi connectivity index (χ1v) is 31.6. The first kappa shape index (κ1) is 49.1. The Balaban J connectivity index is 0.824. The molecule has 0 fully saturated rings. The Labute approximate surface area is 496 Å². The zero-order valence-corrected chi connectivity index (χ0v) is 47.7. The molecule has 402 valence electrons. The van der Waals surface area contributed by atoms with Crippen molar-refractivity contribution in [2.24, 2.45) is 10.9 Å². The van der Waals surface area contributed by atoms with Crippen LogP contribution in [0.25, 0.3) is 120 Å². The van der Waals surface area contributed by atoms with Gasteiger partial charge in [0, 0.05) is 87.4 Å². The lowest BCUT2D eigenvalue weighted by Gasteiger charge is -2.38. The van der Waals surface area contributed by atoms with Gasteiger partial charge in [0.15, 0.2) is 7.14 Å². The SMILES string of the molecule is O=P(c1ccc(-c2c3ccc4ccccc4c3nc3c2ccc2ccccc23)cc1)(c1ccc(-c2c3ccc4ccccc4c3nc3c2ccc2ccccc23)cc1)c1ccc(C2c3ccc4ccccc4c3N=C3c4ccccc4CCC32)cc1. The van der Waals surface area contributed by atoms with Gasteiger partial charge >= 0.3 is 0 Å². The van der Waals surface area contributed by atoms with Gasteiger partial charge in [0.1, 0.15) is 0 Å². The normalized spacial score (nSPS) is 15.0. The third-order valence-electron chi connectivity index (χ3n) is 19.1. The smallest absolute Gasteiger partial charge is 0.171 e. The molecule has 0 amide bonds. The van der Waals surface area contributed by atoms with Crippen molar-refractivity contribution in [2.45, 2.75) is 18.8 Å². The average molecular weight is 1110 g/mol. The largest absolute Gasteiger partial charge is 0.309 e. The number of aliphatic imine (C=N–C) groups is 1. The zero-order valence-electron chi connectivity index (χ0n) is 46.8. The molecule has 0 saturated carbocycles. The molecule has 2 aliphatic rings. The Morgan fingerprint density at radius 3 is 1.16 bits per heavy atom. The number of rotatable bonds is 6. The van der Waals surface area contributed by atoms with Crippen LogP contribution in [0, 0.1) is 5.92 Å². The summed E-state index contributed by atoms with van der Waals surface area (Å²) in [6.45, 7) is 0. The maximum atomic E-state index is 17.3. The molecule has 0 N–H and O–H groups in total. The van der Waals surface area contributed by atoms with Crippen LogP contribution in [0.5, 0.6) is 0 Å². The predicted octanol–water partition coefficient (Wildman–Crippen LogP) is 19.7. The number of pyridine rings is 2. The second kappa shape index (κ2) is 19.1. The van der Waals surface area contributed by atoms with Crippen LogP contribution in [0.4, 0.5) is 5.69 Å². The number of hydrogen-bond acceptors (Lipinski definition) is 4. The summed E-state index contributed by atoms with van der Waals surface area (Å²) in [7, 11) is -3.60. The summed E-state index contributed by atoms with van der Waals surface area (Å²) in [5.41, 5.74) is 15.5. The number of hydrogen-bond donors (Lipinski definition) is 0. The van der Waals surface area contributed by atoms with Crippen molar-refractivity contribution in [3.63, 3.8) is 0 Å². The molecule has 16 aromatic rings. The van der Waals surface area contributed by atoms with Gasteiger partial charge in [-0.2, -0.15) is 0 Å². The number of aryl methyl sites for hydroxylation is 1. The minimum absolute atomic E-state index is 0.0564. The number of fused-ring (bicyclic) bond motifs is 18. The van der Waals surface area contributed by atoms with Crippen molar-refractivity contribution < 1.29 is 4.57 Å². The fourth-order valence-corrected chi connectivity index (χ4v) is 17.6. The molecule has 0 spiro atoms. The number of aromatic nitrogens is 2. The summed E-state index contributed by atoms with van der Waals surface area (Å²) < 4.78 is 17.3. The van der Waals surface area contributed by atoms with Crippen LogP contribution < -0.4 is 15.9 Å². The molecule has 2 atom stereocenters. The lowest BCUT2D eigenvalue weighted by Crippen LogP contribution is -2.32. The minimum Gasteiger partial charge on any atom is -0.309 e. The van der Waals surface area contributed by atoms with Crippen LogP contribution in [0.1, 0.15) is 34.6 Å². The van der Waals surface area contributed by atoms with E-state index in [-0.39, 0.29) is 11.8 Å². The average Bonchev–Trinajstić information content (AvgIpc) is 1.57. The monoisotopic (exact) mass is 1110 g/mol. The van der Waals surface area contributed by atoms with Crippen molar-refractivity contribution in [1.29, 1.82) is 0 Å². The quantitative estimate of drug-likeness (QED) is 0.0947. The molecule has 5 heteroatoms. The summed E-state index contributed by atoms with van der Waals surface area (Å²) >= 11 is 0. The molecule has 0 radical (unpaired) electrons. The number of nitrogens with zero attached hydrogens (tertiary/aromatic N) is 3. The van der Waals surface area contributed by atoms with E-state index in [1.54, 1.807) is 0 Å². The van der Waals surface area contributed by atoms with E-state index in [1.807, 2.05) is 0 Å². The van der Waals surface area contributed by atoms with E-state index in [0.717, 1.165) is 143 Å². The zero-order chi connectivity index (χ0) is 56.6. The molecule has 14 aromatic carbocycles.